The van der Waals surface area contributed by atoms with E-state index < -0.39 is 6.29 Å². The first kappa shape index (κ1) is 26.4. The summed E-state index contributed by atoms with van der Waals surface area (Å²) in [6.07, 6.45) is 2.12. The van der Waals surface area contributed by atoms with Crippen LogP contribution in [0.2, 0.25) is 0 Å². The van der Waals surface area contributed by atoms with Crippen LogP contribution in [0.25, 0.3) is 11.3 Å². The zero-order valence-electron chi connectivity index (χ0n) is 21.7. The van der Waals surface area contributed by atoms with Gasteiger partial charge in [-0.05, 0) is 43.7 Å². The highest BCUT2D eigenvalue weighted by atomic mass is 16.7. The van der Waals surface area contributed by atoms with Gasteiger partial charge >= 0.3 is 5.97 Å². The number of aromatic nitrogens is 2. The average molecular weight is 454 g/mol. The van der Waals surface area contributed by atoms with Crippen LogP contribution in [0, 0.1) is 13.8 Å². The Kier molecular flexibility index (Phi) is 9.03. The van der Waals surface area contributed by atoms with E-state index in [-0.39, 0.29) is 11.4 Å². The van der Waals surface area contributed by atoms with Crippen molar-refractivity contribution in [3.8, 4) is 0 Å². The molecule has 33 heavy (non-hydrogen) atoms. The number of carbonyl (C=O) groups excluding carboxylic acids is 1. The van der Waals surface area contributed by atoms with E-state index in [1.807, 2.05) is 32.4 Å². The lowest BCUT2D eigenvalue weighted by atomic mass is 9.86. The van der Waals surface area contributed by atoms with E-state index in [1.54, 1.807) is 20.2 Å². The molecule has 0 spiro atoms. The highest BCUT2D eigenvalue weighted by molar-refractivity contribution is 6.18. The molecule has 0 fully saturated rings. The van der Waals surface area contributed by atoms with E-state index in [9.17, 15) is 4.79 Å². The van der Waals surface area contributed by atoms with E-state index in [2.05, 4.69) is 55.1 Å². The van der Waals surface area contributed by atoms with Crippen molar-refractivity contribution in [3.63, 3.8) is 0 Å². The van der Waals surface area contributed by atoms with Gasteiger partial charge in [-0.15, -0.1) is 0 Å². The Hall–Kier alpha value is -2.89. The molecular weight excluding hydrogens is 414 g/mol. The fourth-order valence-corrected chi connectivity index (χ4v) is 3.62. The Balaban J connectivity index is 2.69. The van der Waals surface area contributed by atoms with Crippen LogP contribution in [0.3, 0.4) is 0 Å². The molecule has 180 valence electrons. The molecule has 0 aliphatic rings. The largest absolute Gasteiger partial charge is 0.452 e. The number of hydrogen-bond donors (Lipinski definition) is 0. The van der Waals surface area contributed by atoms with Gasteiger partial charge in [-0.25, -0.2) is 0 Å². The summed E-state index contributed by atoms with van der Waals surface area (Å²) in [6, 6.07) is 8.44. The highest BCUT2D eigenvalue weighted by Crippen LogP contribution is 2.32. The van der Waals surface area contributed by atoms with Gasteiger partial charge in [0.25, 0.3) is 0 Å². The predicted octanol–water partition coefficient (Wildman–Crippen LogP) is 6.09. The molecule has 2 aromatic rings. The van der Waals surface area contributed by atoms with E-state index in [0.717, 1.165) is 34.5 Å². The lowest BCUT2D eigenvalue weighted by Gasteiger charge is -2.22. The summed E-state index contributed by atoms with van der Waals surface area (Å²) >= 11 is 0. The number of carbonyl (C=O) groups is 1. The zero-order chi connectivity index (χ0) is 24.8. The summed E-state index contributed by atoms with van der Waals surface area (Å²) in [7, 11) is 1.74. The van der Waals surface area contributed by atoms with Crippen molar-refractivity contribution < 1.29 is 14.3 Å². The number of esters is 1. The summed E-state index contributed by atoms with van der Waals surface area (Å²) in [6.45, 7) is 17.0. The number of benzene rings is 1. The molecule has 0 radical (unpaired) electrons. The van der Waals surface area contributed by atoms with Crippen molar-refractivity contribution in [3.05, 3.63) is 52.3 Å². The van der Waals surface area contributed by atoms with Crippen molar-refractivity contribution >= 4 is 23.5 Å². The van der Waals surface area contributed by atoms with Crippen LogP contribution in [0.1, 0.15) is 82.5 Å². The Morgan fingerprint density at radius 3 is 2.30 bits per heavy atom. The Morgan fingerprint density at radius 1 is 1.15 bits per heavy atom. The van der Waals surface area contributed by atoms with Crippen LogP contribution < -0.4 is 0 Å². The third-order valence-corrected chi connectivity index (χ3v) is 5.54. The van der Waals surface area contributed by atoms with Gasteiger partial charge < -0.3 is 9.47 Å². The summed E-state index contributed by atoms with van der Waals surface area (Å²) in [5.41, 5.74) is 5.89. The Morgan fingerprint density at radius 2 is 1.79 bits per heavy atom. The van der Waals surface area contributed by atoms with Gasteiger partial charge in [-0.1, -0.05) is 52.0 Å². The summed E-state index contributed by atoms with van der Waals surface area (Å²) in [5, 5.41) is 4.68. The maximum absolute atomic E-state index is 12.1. The lowest BCUT2D eigenvalue weighted by Crippen LogP contribution is -2.19. The number of nitrogens with zero attached hydrogens (tertiary/aromatic N) is 3. The van der Waals surface area contributed by atoms with Gasteiger partial charge in [-0.2, -0.15) is 5.10 Å². The van der Waals surface area contributed by atoms with Crippen molar-refractivity contribution in [2.75, 3.05) is 7.05 Å². The van der Waals surface area contributed by atoms with Gasteiger partial charge in [0, 0.05) is 44.3 Å². The second-order valence-electron chi connectivity index (χ2n) is 9.26. The van der Waals surface area contributed by atoms with Crippen molar-refractivity contribution in [2.24, 2.45) is 4.99 Å². The summed E-state index contributed by atoms with van der Waals surface area (Å²) in [5.74, 6) is 0.322. The SMILES string of the molecule is CCCC(=O)OC(C)O/C(=C(/C=NC)c1ccc(C(C)(C)C)cc1)c1c(C)c(C)nn1CC. The standard InChI is InChI=1S/C27H39N3O3/c1-10-12-24(31)32-20(5)33-26(25-18(3)19(4)29-30(25)11-2)23(17-28-9)21-13-15-22(16-14-21)27(6,7)8/h13-17,20H,10-12H2,1-9H3/b26-23-,28-17?. The number of ether oxygens (including phenoxy) is 2. The molecule has 1 aromatic heterocycles. The van der Waals surface area contributed by atoms with E-state index in [4.69, 9.17) is 9.47 Å². The first-order valence-electron chi connectivity index (χ1n) is 11.7. The normalized spacial score (nSPS) is 13.7. The quantitative estimate of drug-likeness (QED) is 0.199. The third-order valence-electron chi connectivity index (χ3n) is 5.54. The Bertz CT molecular complexity index is 1010. The molecule has 1 unspecified atom stereocenters. The fraction of sp³-hybridized carbons (Fsp3) is 0.519. The van der Waals surface area contributed by atoms with Crippen molar-refractivity contribution in [2.45, 2.75) is 86.5 Å². The second kappa shape index (κ2) is 11.3. The monoisotopic (exact) mass is 453 g/mol. The first-order chi connectivity index (χ1) is 15.5. The van der Waals surface area contributed by atoms with Gasteiger partial charge in [0.1, 0.15) is 5.69 Å². The number of rotatable bonds is 9. The number of hydrogen-bond acceptors (Lipinski definition) is 5. The minimum atomic E-state index is -0.756. The maximum Gasteiger partial charge on any atom is 0.308 e. The molecule has 2 rings (SSSR count). The van der Waals surface area contributed by atoms with Crippen molar-refractivity contribution in [1.82, 2.24) is 9.78 Å². The third kappa shape index (κ3) is 6.56. The van der Waals surface area contributed by atoms with Crippen LogP contribution in [-0.2, 0) is 26.2 Å². The van der Waals surface area contributed by atoms with Gasteiger partial charge in [0.15, 0.2) is 5.76 Å². The van der Waals surface area contributed by atoms with Gasteiger partial charge in [0.2, 0.25) is 6.29 Å². The smallest absolute Gasteiger partial charge is 0.308 e. The summed E-state index contributed by atoms with van der Waals surface area (Å²) in [4.78, 5) is 16.4. The molecule has 0 saturated heterocycles. The van der Waals surface area contributed by atoms with Crippen LogP contribution in [0.5, 0.6) is 0 Å². The molecule has 6 heteroatoms. The van der Waals surface area contributed by atoms with E-state index >= 15 is 0 Å². The number of aryl methyl sites for hydroxylation is 2. The summed E-state index contributed by atoms with van der Waals surface area (Å²) < 4.78 is 13.8. The number of allylic oxidation sites excluding steroid dienone is 1. The van der Waals surface area contributed by atoms with Gasteiger partial charge in [-0.3, -0.25) is 14.5 Å². The molecule has 0 saturated carbocycles. The molecular formula is C27H39N3O3. The average Bonchev–Trinajstić information content (AvgIpc) is 3.04. The molecule has 0 aliphatic heterocycles. The van der Waals surface area contributed by atoms with Crippen LogP contribution in [0.15, 0.2) is 29.3 Å². The molecule has 1 heterocycles. The molecule has 1 aromatic carbocycles. The second-order valence-corrected chi connectivity index (χ2v) is 9.26. The zero-order valence-corrected chi connectivity index (χ0v) is 21.7. The van der Waals surface area contributed by atoms with E-state index in [0.29, 0.717) is 18.7 Å². The molecule has 0 amide bonds. The lowest BCUT2D eigenvalue weighted by molar-refractivity contribution is -0.164. The first-order valence-corrected chi connectivity index (χ1v) is 11.7. The molecule has 6 nitrogen and oxygen atoms in total. The molecule has 0 bridgehead atoms. The fourth-order valence-electron chi connectivity index (χ4n) is 3.62. The van der Waals surface area contributed by atoms with Crippen LogP contribution in [-0.4, -0.2) is 35.3 Å². The predicted molar refractivity (Wildman–Crippen MR) is 135 cm³/mol. The van der Waals surface area contributed by atoms with Crippen LogP contribution in [0.4, 0.5) is 0 Å². The van der Waals surface area contributed by atoms with E-state index in [1.165, 1.54) is 5.56 Å². The van der Waals surface area contributed by atoms with Gasteiger partial charge in [0.05, 0.1) is 5.69 Å². The molecule has 1 atom stereocenters. The number of aliphatic imine (C=N–C) groups is 1. The minimum Gasteiger partial charge on any atom is -0.452 e. The molecule has 0 aliphatic carbocycles. The highest BCUT2D eigenvalue weighted by Gasteiger charge is 2.24. The maximum atomic E-state index is 12.1. The van der Waals surface area contributed by atoms with Crippen LogP contribution >= 0.6 is 0 Å². The minimum absolute atomic E-state index is 0.0527. The topological polar surface area (TPSA) is 65.7 Å². The molecule has 0 N–H and O–H groups in total. The van der Waals surface area contributed by atoms with Crippen molar-refractivity contribution in [1.29, 1.82) is 0 Å². The Labute approximate surface area is 198 Å².